The van der Waals surface area contributed by atoms with E-state index in [1.54, 1.807) is 11.3 Å². The van der Waals surface area contributed by atoms with Gasteiger partial charge in [-0.3, -0.25) is 9.69 Å². The molecule has 0 spiro atoms. The fourth-order valence-corrected chi connectivity index (χ4v) is 6.75. The first kappa shape index (κ1) is 28.1. The Morgan fingerprint density at radius 1 is 1.00 bits per heavy atom. The Labute approximate surface area is 242 Å². The average Bonchev–Trinajstić information content (AvgIpc) is 3.44. The van der Waals surface area contributed by atoms with Crippen molar-refractivity contribution in [2.45, 2.75) is 70.6 Å². The molecule has 1 fully saturated rings. The summed E-state index contributed by atoms with van der Waals surface area (Å²) in [5, 5.41) is 11.7. The molecule has 1 atom stereocenters. The van der Waals surface area contributed by atoms with Gasteiger partial charge in [-0.05, 0) is 78.6 Å². The summed E-state index contributed by atoms with van der Waals surface area (Å²) >= 11 is 1.70. The topological polar surface area (TPSA) is 49.8 Å². The number of ether oxygens (including phenoxy) is 1. The van der Waals surface area contributed by atoms with Crippen molar-refractivity contribution in [3.8, 4) is 16.9 Å². The number of rotatable bonds is 11. The number of nitrogens with zero attached hydrogens (tertiary/aromatic N) is 1. The molecule has 1 aromatic heterocycles. The standard InChI is InChI=1S/C35H39NO3S/c1-25-13-18-34(39-23-26-14-16-28(17-15-26)27-9-5-3-6-10-27)32(19-25)30-20-31(40-24-30)22-36(2)33(21-35(37)38)29-11-7-4-8-12-29/h4,7-8,11-20,24,27,33H,3,5-6,9-10,21-23H2,1-2H3,(H,37,38)/t33-/m0/s1. The van der Waals surface area contributed by atoms with Gasteiger partial charge in [0.05, 0.1) is 6.42 Å². The molecule has 0 aliphatic heterocycles. The van der Waals surface area contributed by atoms with Gasteiger partial charge >= 0.3 is 5.97 Å². The molecule has 0 radical (unpaired) electrons. The normalized spacial score (nSPS) is 14.8. The van der Waals surface area contributed by atoms with Crippen molar-refractivity contribution < 1.29 is 14.6 Å². The minimum atomic E-state index is -0.794. The molecular weight excluding hydrogens is 514 g/mol. The Hall–Kier alpha value is -3.41. The van der Waals surface area contributed by atoms with E-state index in [1.807, 2.05) is 37.4 Å². The predicted molar refractivity (Wildman–Crippen MR) is 164 cm³/mol. The molecule has 4 nitrogen and oxygen atoms in total. The quantitative estimate of drug-likeness (QED) is 0.201. The number of benzene rings is 3. The lowest BCUT2D eigenvalue weighted by Gasteiger charge is -2.27. The van der Waals surface area contributed by atoms with Crippen LogP contribution in [0.15, 0.2) is 84.2 Å². The first-order valence-corrected chi connectivity index (χ1v) is 15.2. The summed E-state index contributed by atoms with van der Waals surface area (Å²) in [4.78, 5) is 14.9. The third-order valence-electron chi connectivity index (χ3n) is 8.04. The Balaban J connectivity index is 1.28. The van der Waals surface area contributed by atoms with E-state index in [1.165, 1.54) is 53.7 Å². The average molecular weight is 554 g/mol. The van der Waals surface area contributed by atoms with Gasteiger partial charge in [0, 0.05) is 23.0 Å². The maximum absolute atomic E-state index is 11.6. The summed E-state index contributed by atoms with van der Waals surface area (Å²) < 4.78 is 6.38. The van der Waals surface area contributed by atoms with Gasteiger partial charge in [-0.25, -0.2) is 0 Å². The van der Waals surface area contributed by atoms with Gasteiger partial charge in [0.25, 0.3) is 0 Å². The van der Waals surface area contributed by atoms with Gasteiger partial charge in [-0.1, -0.05) is 85.5 Å². The van der Waals surface area contributed by atoms with E-state index in [2.05, 4.69) is 65.7 Å². The number of hydrogen-bond acceptors (Lipinski definition) is 4. The summed E-state index contributed by atoms with van der Waals surface area (Å²) in [5.41, 5.74) is 7.08. The zero-order chi connectivity index (χ0) is 27.9. The van der Waals surface area contributed by atoms with Crippen LogP contribution in [0.2, 0.25) is 0 Å². The first-order valence-electron chi connectivity index (χ1n) is 14.3. The molecule has 0 unspecified atom stereocenters. The van der Waals surface area contributed by atoms with Gasteiger partial charge < -0.3 is 9.84 Å². The smallest absolute Gasteiger partial charge is 0.305 e. The molecule has 208 valence electrons. The van der Waals surface area contributed by atoms with Crippen LogP contribution < -0.4 is 4.74 Å². The minimum Gasteiger partial charge on any atom is -0.488 e. The maximum atomic E-state index is 11.6. The third-order valence-corrected chi connectivity index (χ3v) is 8.96. The van der Waals surface area contributed by atoms with Gasteiger partial charge in [0.1, 0.15) is 12.4 Å². The second kappa shape index (κ2) is 13.3. The number of aliphatic carboxylic acids is 1. The molecule has 5 rings (SSSR count). The monoisotopic (exact) mass is 553 g/mol. The van der Waals surface area contributed by atoms with Crippen LogP contribution in [0.25, 0.3) is 11.1 Å². The van der Waals surface area contributed by atoms with Crippen molar-refractivity contribution in [3.05, 3.63) is 111 Å². The molecule has 1 N–H and O–H groups in total. The van der Waals surface area contributed by atoms with Crippen LogP contribution in [0.1, 0.15) is 77.6 Å². The van der Waals surface area contributed by atoms with E-state index in [0.29, 0.717) is 19.1 Å². The number of aryl methyl sites for hydroxylation is 1. The molecule has 40 heavy (non-hydrogen) atoms. The fourth-order valence-electron chi connectivity index (χ4n) is 5.81. The van der Waals surface area contributed by atoms with Crippen molar-refractivity contribution in [2.24, 2.45) is 0 Å². The molecule has 1 aliphatic carbocycles. The zero-order valence-electron chi connectivity index (χ0n) is 23.5. The summed E-state index contributed by atoms with van der Waals surface area (Å²) in [5.74, 6) is 0.803. The molecular formula is C35H39NO3S. The van der Waals surface area contributed by atoms with Crippen LogP contribution in [0.3, 0.4) is 0 Å². The molecule has 0 saturated heterocycles. The highest BCUT2D eigenvalue weighted by Crippen LogP contribution is 2.36. The van der Waals surface area contributed by atoms with E-state index in [0.717, 1.165) is 22.4 Å². The van der Waals surface area contributed by atoms with Crippen LogP contribution in [0, 0.1) is 6.92 Å². The van der Waals surface area contributed by atoms with Gasteiger partial charge in [-0.2, -0.15) is 0 Å². The highest BCUT2D eigenvalue weighted by molar-refractivity contribution is 7.10. The molecule has 1 heterocycles. The van der Waals surface area contributed by atoms with Crippen molar-refractivity contribution in [3.63, 3.8) is 0 Å². The Kier molecular flexibility index (Phi) is 9.35. The fraction of sp³-hybridized carbons (Fsp3) is 0.343. The van der Waals surface area contributed by atoms with Crippen molar-refractivity contribution in [2.75, 3.05) is 7.05 Å². The summed E-state index contributed by atoms with van der Waals surface area (Å²) in [7, 11) is 2.00. The Morgan fingerprint density at radius 3 is 2.48 bits per heavy atom. The highest BCUT2D eigenvalue weighted by atomic mass is 32.1. The Morgan fingerprint density at radius 2 is 1.75 bits per heavy atom. The van der Waals surface area contributed by atoms with Crippen molar-refractivity contribution >= 4 is 17.3 Å². The Bertz CT molecular complexity index is 1390. The van der Waals surface area contributed by atoms with Crippen molar-refractivity contribution in [1.29, 1.82) is 0 Å². The van der Waals surface area contributed by atoms with Gasteiger partial charge in [-0.15, -0.1) is 11.3 Å². The lowest BCUT2D eigenvalue weighted by Crippen LogP contribution is -2.26. The number of carboxylic acids is 1. The second-order valence-corrected chi connectivity index (χ2v) is 12.1. The zero-order valence-corrected chi connectivity index (χ0v) is 24.3. The summed E-state index contributed by atoms with van der Waals surface area (Å²) in [6.07, 6.45) is 6.77. The lowest BCUT2D eigenvalue weighted by atomic mass is 9.84. The molecule has 5 heteroatoms. The molecule has 1 aliphatic rings. The van der Waals surface area contributed by atoms with E-state index in [9.17, 15) is 9.90 Å². The summed E-state index contributed by atoms with van der Waals surface area (Å²) in [6.45, 7) is 3.32. The van der Waals surface area contributed by atoms with Crippen LogP contribution >= 0.6 is 11.3 Å². The molecule has 4 aromatic rings. The third kappa shape index (κ3) is 7.21. The number of carbonyl (C=O) groups is 1. The van der Waals surface area contributed by atoms with Crippen LogP contribution in [0.4, 0.5) is 0 Å². The summed E-state index contributed by atoms with van der Waals surface area (Å²) in [6, 6.07) is 27.3. The minimum absolute atomic E-state index is 0.0657. The second-order valence-electron chi connectivity index (χ2n) is 11.1. The first-order chi connectivity index (χ1) is 19.5. The van der Waals surface area contributed by atoms with Crippen LogP contribution in [-0.2, 0) is 17.9 Å². The maximum Gasteiger partial charge on any atom is 0.305 e. The SMILES string of the molecule is Cc1ccc(OCc2ccc(C3CCCCC3)cc2)c(-c2csc(CN(C)[C@@H](CC(=O)O)c3ccccc3)c2)c1. The van der Waals surface area contributed by atoms with Crippen molar-refractivity contribution in [1.82, 2.24) is 4.90 Å². The van der Waals surface area contributed by atoms with E-state index in [4.69, 9.17) is 4.74 Å². The van der Waals surface area contributed by atoms with E-state index >= 15 is 0 Å². The number of thiophene rings is 1. The molecule has 1 saturated carbocycles. The van der Waals surface area contributed by atoms with E-state index in [-0.39, 0.29) is 12.5 Å². The lowest BCUT2D eigenvalue weighted by molar-refractivity contribution is -0.138. The largest absolute Gasteiger partial charge is 0.488 e. The molecule has 0 bridgehead atoms. The molecule has 0 amide bonds. The van der Waals surface area contributed by atoms with Gasteiger partial charge in [0.15, 0.2) is 0 Å². The van der Waals surface area contributed by atoms with Crippen LogP contribution in [-0.4, -0.2) is 23.0 Å². The van der Waals surface area contributed by atoms with E-state index < -0.39 is 5.97 Å². The van der Waals surface area contributed by atoms with Crippen LogP contribution in [0.5, 0.6) is 5.75 Å². The predicted octanol–water partition coefficient (Wildman–Crippen LogP) is 9.00. The highest BCUT2D eigenvalue weighted by Gasteiger charge is 2.21. The number of carboxylic acid groups (broad SMARTS) is 1. The molecule has 3 aromatic carbocycles. The number of hydrogen-bond donors (Lipinski definition) is 1. The van der Waals surface area contributed by atoms with Gasteiger partial charge in [0.2, 0.25) is 0 Å².